The Morgan fingerprint density at radius 2 is 1.86 bits per heavy atom. The van der Waals surface area contributed by atoms with Gasteiger partial charge in [-0.15, -0.1) is 0 Å². The smallest absolute Gasteiger partial charge is 0.0971 e. The highest BCUT2D eigenvalue weighted by molar-refractivity contribution is 5.24. The first-order valence-corrected chi connectivity index (χ1v) is 5.04. The first kappa shape index (κ1) is 11.2. The topological polar surface area (TPSA) is 35.2 Å². The second-order valence-corrected chi connectivity index (χ2v) is 3.64. The van der Waals surface area contributed by atoms with Gasteiger partial charge in [-0.2, -0.15) is 0 Å². The molecule has 2 N–H and O–H groups in total. The van der Waals surface area contributed by atoms with Crippen molar-refractivity contribution >= 4 is 0 Å². The fourth-order valence-corrected chi connectivity index (χ4v) is 1.53. The van der Waals surface area contributed by atoms with Gasteiger partial charge in [-0.25, -0.2) is 0 Å². The number of aryl methyl sites for hydroxylation is 1. The van der Waals surface area contributed by atoms with Crippen LogP contribution < -0.4 is 5.73 Å². The Hall–Kier alpha value is -0.860. The summed E-state index contributed by atoms with van der Waals surface area (Å²) >= 11 is 0. The highest BCUT2D eigenvalue weighted by Crippen LogP contribution is 2.21. The van der Waals surface area contributed by atoms with Crippen molar-refractivity contribution in [1.29, 1.82) is 0 Å². The van der Waals surface area contributed by atoms with Gasteiger partial charge in [0.1, 0.15) is 0 Å². The van der Waals surface area contributed by atoms with Gasteiger partial charge in [0, 0.05) is 13.2 Å². The summed E-state index contributed by atoms with van der Waals surface area (Å²) in [6.45, 7) is 4.15. The maximum absolute atomic E-state index is 5.97. The van der Waals surface area contributed by atoms with Gasteiger partial charge >= 0.3 is 0 Å². The molecule has 2 unspecified atom stereocenters. The van der Waals surface area contributed by atoms with Gasteiger partial charge < -0.3 is 10.5 Å². The van der Waals surface area contributed by atoms with Crippen molar-refractivity contribution in [2.75, 3.05) is 7.11 Å². The van der Waals surface area contributed by atoms with E-state index in [1.54, 1.807) is 7.11 Å². The number of rotatable bonds is 4. The van der Waals surface area contributed by atoms with Gasteiger partial charge in [-0.05, 0) is 18.9 Å². The van der Waals surface area contributed by atoms with E-state index in [1.807, 2.05) is 0 Å². The maximum atomic E-state index is 5.97. The summed E-state index contributed by atoms with van der Waals surface area (Å²) in [4.78, 5) is 0. The summed E-state index contributed by atoms with van der Waals surface area (Å²) < 4.78 is 5.40. The van der Waals surface area contributed by atoms with Gasteiger partial charge in [0.15, 0.2) is 0 Å². The third-order valence-corrected chi connectivity index (χ3v) is 2.52. The van der Waals surface area contributed by atoms with Crippen LogP contribution in [0, 0.1) is 6.92 Å². The zero-order valence-electron chi connectivity index (χ0n) is 9.16. The van der Waals surface area contributed by atoms with Crippen LogP contribution in [0.2, 0.25) is 0 Å². The number of methoxy groups -OCH3 is 1. The molecule has 0 aliphatic rings. The molecule has 0 saturated heterocycles. The van der Waals surface area contributed by atoms with Crippen molar-refractivity contribution in [3.63, 3.8) is 0 Å². The fraction of sp³-hybridized carbons (Fsp3) is 0.500. The molecule has 1 aromatic carbocycles. The molecule has 0 aliphatic carbocycles. The van der Waals surface area contributed by atoms with Crippen LogP contribution in [0.4, 0.5) is 0 Å². The van der Waals surface area contributed by atoms with Crippen molar-refractivity contribution in [2.45, 2.75) is 32.4 Å². The largest absolute Gasteiger partial charge is 0.375 e. The molecule has 78 valence electrons. The average Bonchev–Trinajstić information content (AvgIpc) is 2.21. The second kappa shape index (κ2) is 5.13. The average molecular weight is 193 g/mol. The summed E-state index contributed by atoms with van der Waals surface area (Å²) in [6, 6.07) is 8.41. The van der Waals surface area contributed by atoms with Crippen molar-refractivity contribution in [1.82, 2.24) is 0 Å². The number of benzene rings is 1. The van der Waals surface area contributed by atoms with Crippen LogP contribution in [0.25, 0.3) is 0 Å². The lowest BCUT2D eigenvalue weighted by molar-refractivity contribution is 0.0791. The standard InChI is InChI=1S/C12H19NO/c1-4-11(13)12(14-3)10-7-5-9(2)6-8-10/h5-8,11-12H,4,13H2,1-3H3. The van der Waals surface area contributed by atoms with E-state index in [0.29, 0.717) is 0 Å². The molecule has 2 heteroatoms. The Labute approximate surface area is 86.1 Å². The van der Waals surface area contributed by atoms with Crippen LogP contribution in [0.5, 0.6) is 0 Å². The highest BCUT2D eigenvalue weighted by atomic mass is 16.5. The molecule has 0 amide bonds. The SMILES string of the molecule is CCC(N)C(OC)c1ccc(C)cc1. The molecule has 0 aliphatic heterocycles. The zero-order chi connectivity index (χ0) is 10.6. The Bertz CT molecular complexity index is 268. The van der Waals surface area contributed by atoms with Crippen molar-refractivity contribution < 1.29 is 4.74 Å². The highest BCUT2D eigenvalue weighted by Gasteiger charge is 2.16. The van der Waals surface area contributed by atoms with Gasteiger partial charge in [-0.3, -0.25) is 0 Å². The van der Waals surface area contributed by atoms with Crippen molar-refractivity contribution in [3.05, 3.63) is 35.4 Å². The van der Waals surface area contributed by atoms with E-state index in [0.717, 1.165) is 12.0 Å². The van der Waals surface area contributed by atoms with E-state index >= 15 is 0 Å². The molecule has 1 rings (SSSR count). The van der Waals surface area contributed by atoms with E-state index in [4.69, 9.17) is 10.5 Å². The number of nitrogens with two attached hydrogens (primary N) is 1. The van der Waals surface area contributed by atoms with Crippen molar-refractivity contribution in [2.24, 2.45) is 5.73 Å². The molecule has 0 radical (unpaired) electrons. The van der Waals surface area contributed by atoms with Crippen molar-refractivity contribution in [3.8, 4) is 0 Å². The van der Waals surface area contributed by atoms with Crippen LogP contribution >= 0.6 is 0 Å². The van der Waals surface area contributed by atoms with Crippen LogP contribution in [-0.2, 0) is 4.74 Å². The lowest BCUT2D eigenvalue weighted by atomic mass is 10.00. The monoisotopic (exact) mass is 193 g/mol. The zero-order valence-corrected chi connectivity index (χ0v) is 9.16. The molecule has 0 spiro atoms. The molecule has 1 aromatic rings. The molecule has 0 aromatic heterocycles. The molecular formula is C12H19NO. The maximum Gasteiger partial charge on any atom is 0.0971 e. The van der Waals surface area contributed by atoms with Crippen LogP contribution in [0.1, 0.15) is 30.6 Å². The van der Waals surface area contributed by atoms with Crippen LogP contribution in [0.3, 0.4) is 0 Å². The van der Waals surface area contributed by atoms with E-state index in [-0.39, 0.29) is 12.1 Å². The van der Waals surface area contributed by atoms with Crippen LogP contribution in [0.15, 0.2) is 24.3 Å². The van der Waals surface area contributed by atoms with E-state index in [2.05, 4.69) is 38.1 Å². The number of hydrogen-bond acceptors (Lipinski definition) is 2. The van der Waals surface area contributed by atoms with E-state index in [1.165, 1.54) is 5.56 Å². The summed E-state index contributed by atoms with van der Waals surface area (Å²) in [5.41, 5.74) is 8.39. The third-order valence-electron chi connectivity index (χ3n) is 2.52. The first-order chi connectivity index (χ1) is 6.69. The van der Waals surface area contributed by atoms with Gasteiger partial charge in [0.25, 0.3) is 0 Å². The number of ether oxygens (including phenoxy) is 1. The third kappa shape index (κ3) is 2.56. The van der Waals surface area contributed by atoms with E-state index < -0.39 is 0 Å². The number of hydrogen-bond donors (Lipinski definition) is 1. The van der Waals surface area contributed by atoms with Gasteiger partial charge in [-0.1, -0.05) is 36.8 Å². The molecule has 2 atom stereocenters. The lowest BCUT2D eigenvalue weighted by Gasteiger charge is -2.21. The van der Waals surface area contributed by atoms with E-state index in [9.17, 15) is 0 Å². The predicted molar refractivity (Wildman–Crippen MR) is 59.2 cm³/mol. The Morgan fingerprint density at radius 1 is 1.29 bits per heavy atom. The molecule has 0 bridgehead atoms. The normalized spacial score (nSPS) is 15.1. The molecular weight excluding hydrogens is 174 g/mol. The second-order valence-electron chi connectivity index (χ2n) is 3.64. The minimum absolute atomic E-state index is 0.0144. The van der Waals surface area contributed by atoms with Gasteiger partial charge in [0.05, 0.1) is 6.10 Å². The molecule has 0 fully saturated rings. The minimum atomic E-state index is 0.0144. The predicted octanol–water partition coefficient (Wildman–Crippen LogP) is 2.42. The summed E-state index contributed by atoms with van der Waals surface area (Å²) in [7, 11) is 1.71. The molecule has 2 nitrogen and oxygen atoms in total. The Balaban J connectivity index is 2.84. The van der Waals surface area contributed by atoms with Gasteiger partial charge in [0.2, 0.25) is 0 Å². The Morgan fingerprint density at radius 3 is 2.29 bits per heavy atom. The summed E-state index contributed by atoms with van der Waals surface area (Å²) in [5, 5.41) is 0. The minimum Gasteiger partial charge on any atom is -0.375 e. The molecule has 14 heavy (non-hydrogen) atoms. The Kier molecular flexibility index (Phi) is 4.11. The molecule has 0 saturated carbocycles. The first-order valence-electron chi connectivity index (χ1n) is 5.04. The quantitative estimate of drug-likeness (QED) is 0.797. The molecule has 0 heterocycles. The summed E-state index contributed by atoms with van der Waals surface area (Å²) in [5.74, 6) is 0. The fourth-order valence-electron chi connectivity index (χ4n) is 1.53. The summed E-state index contributed by atoms with van der Waals surface area (Å²) in [6.07, 6.45) is 0.937. The van der Waals surface area contributed by atoms with Crippen LogP contribution in [-0.4, -0.2) is 13.2 Å². The lowest BCUT2D eigenvalue weighted by Crippen LogP contribution is -2.28.